The number of carboxylic acids is 1. The number of primary amides is 1. The maximum Gasteiger partial charge on any atom is 0.329 e. The molecule has 5 heteroatoms. The van der Waals surface area contributed by atoms with Crippen LogP contribution in [0.1, 0.15) is 33.1 Å². The highest BCUT2D eigenvalue weighted by Gasteiger charge is 1.93. The van der Waals surface area contributed by atoms with Gasteiger partial charge in [0.15, 0.2) is 0 Å². The zero-order valence-corrected chi connectivity index (χ0v) is 9.19. The Kier molecular flexibility index (Phi) is 11.5. The van der Waals surface area contributed by atoms with Crippen molar-refractivity contribution in [3.8, 4) is 0 Å². The number of rotatable bonds is 5. The third-order valence-corrected chi connectivity index (χ3v) is 1.53. The molecule has 0 unspecified atom stereocenters. The van der Waals surface area contributed by atoms with Gasteiger partial charge in [-0.25, -0.2) is 4.79 Å². The molecule has 1 amide bonds. The van der Waals surface area contributed by atoms with Gasteiger partial charge in [-0.05, 0) is 13.3 Å². The average molecular weight is 217 g/mol. The molecular weight excluding hydrogens is 198 g/mol. The summed E-state index contributed by atoms with van der Waals surface area (Å²) < 4.78 is 0. The van der Waals surface area contributed by atoms with Crippen LogP contribution >= 0.6 is 0 Å². The van der Waals surface area contributed by atoms with Gasteiger partial charge in [-0.15, -0.1) is 0 Å². The molecule has 0 bridgehead atoms. The van der Waals surface area contributed by atoms with Crippen LogP contribution in [0.4, 0.5) is 0 Å². The fourth-order valence-corrected chi connectivity index (χ4v) is 0.623. The second-order valence-corrected chi connectivity index (χ2v) is 2.95. The molecule has 0 aromatic rings. The molecule has 0 aliphatic heterocycles. The van der Waals surface area contributed by atoms with E-state index >= 15 is 0 Å². The van der Waals surface area contributed by atoms with Crippen molar-refractivity contribution in [3.63, 3.8) is 0 Å². The van der Waals surface area contributed by atoms with Gasteiger partial charge in [0.2, 0.25) is 5.91 Å². The van der Waals surface area contributed by atoms with E-state index in [1.807, 2.05) is 6.08 Å². The first-order valence-corrected chi connectivity index (χ1v) is 4.74. The minimum atomic E-state index is -1.19. The van der Waals surface area contributed by atoms with Crippen LogP contribution < -0.4 is 5.73 Å². The minimum Gasteiger partial charge on any atom is -0.480 e. The summed E-state index contributed by atoms with van der Waals surface area (Å²) >= 11 is 0. The van der Waals surface area contributed by atoms with Gasteiger partial charge in [0, 0.05) is 5.57 Å². The topological polar surface area (TPSA) is 101 Å². The maximum absolute atomic E-state index is 10.4. The zero-order valence-electron chi connectivity index (χ0n) is 9.19. The van der Waals surface area contributed by atoms with E-state index in [0.717, 1.165) is 19.3 Å². The monoisotopic (exact) mass is 217 g/mol. The highest BCUT2D eigenvalue weighted by atomic mass is 16.4. The van der Waals surface area contributed by atoms with E-state index in [1.165, 1.54) is 0 Å². The molecule has 4 N–H and O–H groups in total. The molecule has 0 aliphatic carbocycles. The minimum absolute atomic E-state index is 0.309. The Morgan fingerprint density at radius 3 is 2.13 bits per heavy atom. The molecule has 15 heavy (non-hydrogen) atoms. The van der Waals surface area contributed by atoms with Crippen LogP contribution in [0.25, 0.3) is 0 Å². The highest BCUT2D eigenvalue weighted by molar-refractivity contribution is 5.91. The molecule has 0 rings (SSSR count). The van der Waals surface area contributed by atoms with Gasteiger partial charge in [0.1, 0.15) is 6.61 Å². The van der Waals surface area contributed by atoms with Crippen molar-refractivity contribution in [1.82, 2.24) is 0 Å². The number of allylic oxidation sites excluding steroid dienone is 1. The predicted octanol–water partition coefficient (Wildman–Crippen LogP) is 0.671. The van der Waals surface area contributed by atoms with Crippen molar-refractivity contribution in [2.24, 2.45) is 5.73 Å². The summed E-state index contributed by atoms with van der Waals surface area (Å²) in [6.07, 6.45) is 5.14. The van der Waals surface area contributed by atoms with Gasteiger partial charge in [-0.2, -0.15) is 0 Å². The number of carbonyl (C=O) groups is 2. The molecule has 0 aromatic heterocycles. The summed E-state index contributed by atoms with van der Waals surface area (Å²) in [4.78, 5) is 19.6. The number of carbonyl (C=O) groups excluding carboxylic acids is 1. The first-order valence-electron chi connectivity index (χ1n) is 4.74. The van der Waals surface area contributed by atoms with Gasteiger partial charge >= 0.3 is 5.97 Å². The predicted molar refractivity (Wildman–Crippen MR) is 57.2 cm³/mol. The Balaban J connectivity index is 0. The number of hydrogen-bond acceptors (Lipinski definition) is 3. The molecule has 88 valence electrons. The Hall–Kier alpha value is -1.36. The molecule has 0 aliphatic rings. The van der Waals surface area contributed by atoms with Crippen LogP contribution in [0, 0.1) is 0 Å². The lowest BCUT2D eigenvalue weighted by Crippen LogP contribution is -2.11. The van der Waals surface area contributed by atoms with E-state index in [1.54, 1.807) is 6.92 Å². The quantitative estimate of drug-likeness (QED) is 0.465. The summed E-state index contributed by atoms with van der Waals surface area (Å²) in [6, 6.07) is 0. The van der Waals surface area contributed by atoms with Gasteiger partial charge in [0.25, 0.3) is 0 Å². The third kappa shape index (κ3) is 15.4. The molecule has 0 saturated heterocycles. The molecule has 0 radical (unpaired) electrons. The molecule has 5 nitrogen and oxygen atoms in total. The van der Waals surface area contributed by atoms with E-state index in [4.69, 9.17) is 20.7 Å². The molecule has 0 spiro atoms. The maximum atomic E-state index is 10.4. The van der Waals surface area contributed by atoms with Gasteiger partial charge in [-0.1, -0.05) is 25.8 Å². The van der Waals surface area contributed by atoms with Crippen molar-refractivity contribution in [2.75, 3.05) is 6.61 Å². The lowest BCUT2D eigenvalue weighted by atomic mass is 10.2. The van der Waals surface area contributed by atoms with Crippen molar-refractivity contribution in [2.45, 2.75) is 33.1 Å². The normalized spacial score (nSPS) is 10.2. The average Bonchev–Trinajstić information content (AvgIpc) is 2.18. The lowest BCUT2D eigenvalue weighted by molar-refractivity contribution is -0.140. The number of carboxylic acid groups (broad SMARTS) is 1. The van der Waals surface area contributed by atoms with Crippen LogP contribution in [0.15, 0.2) is 11.6 Å². The fourth-order valence-electron chi connectivity index (χ4n) is 0.623. The molecule has 0 heterocycles. The summed E-state index contributed by atoms with van der Waals surface area (Å²) in [7, 11) is 0. The Morgan fingerprint density at radius 1 is 1.40 bits per heavy atom. The number of hydrogen-bond donors (Lipinski definition) is 3. The van der Waals surface area contributed by atoms with Gasteiger partial charge in [-0.3, -0.25) is 4.79 Å². The Labute approximate surface area is 89.6 Å². The van der Waals surface area contributed by atoms with E-state index in [-0.39, 0.29) is 5.91 Å². The third-order valence-electron chi connectivity index (χ3n) is 1.53. The van der Waals surface area contributed by atoms with E-state index < -0.39 is 12.6 Å². The number of unbranched alkanes of at least 4 members (excludes halogenated alkanes) is 2. The van der Waals surface area contributed by atoms with Crippen LogP contribution in [0.5, 0.6) is 0 Å². The first kappa shape index (κ1) is 16.1. The Morgan fingerprint density at radius 2 is 1.87 bits per heavy atom. The number of aliphatic carboxylic acids is 1. The second kappa shape index (κ2) is 10.7. The first-order chi connectivity index (χ1) is 6.95. The smallest absolute Gasteiger partial charge is 0.329 e. The molecule has 0 saturated carbocycles. The second-order valence-electron chi connectivity index (χ2n) is 2.95. The number of nitrogens with two attached hydrogens (primary N) is 1. The van der Waals surface area contributed by atoms with Crippen molar-refractivity contribution < 1.29 is 19.8 Å². The summed E-state index contributed by atoms with van der Waals surface area (Å²) in [5, 5.41) is 15.0. The lowest BCUT2D eigenvalue weighted by Gasteiger charge is -1.92. The van der Waals surface area contributed by atoms with Crippen molar-refractivity contribution >= 4 is 11.9 Å². The van der Waals surface area contributed by atoms with Crippen molar-refractivity contribution in [1.29, 1.82) is 0 Å². The highest BCUT2D eigenvalue weighted by Crippen LogP contribution is 1.99. The van der Waals surface area contributed by atoms with E-state index in [2.05, 4.69) is 6.92 Å². The summed E-state index contributed by atoms with van der Waals surface area (Å²) in [6.45, 7) is 3.09. The van der Waals surface area contributed by atoms with Crippen LogP contribution in [0.2, 0.25) is 0 Å². The Bertz CT molecular complexity index is 223. The summed E-state index contributed by atoms with van der Waals surface area (Å²) in [5.41, 5.74) is 5.69. The largest absolute Gasteiger partial charge is 0.480 e. The SMILES string of the molecule is CCCCC=C(C)C(N)=O.O=C(O)CO. The van der Waals surface area contributed by atoms with Crippen LogP contribution in [-0.4, -0.2) is 28.7 Å². The standard InChI is InChI=1S/C8H15NO.C2H4O3/c1-3-4-5-6-7(2)8(9)10;3-1-2(4)5/h6H,3-5H2,1-2H3,(H2,9,10);3H,1H2,(H,4,5). The summed E-state index contributed by atoms with van der Waals surface area (Å²) in [5.74, 6) is -1.50. The van der Waals surface area contributed by atoms with Crippen LogP contribution in [0.3, 0.4) is 0 Å². The van der Waals surface area contributed by atoms with Gasteiger partial charge in [0.05, 0.1) is 0 Å². The van der Waals surface area contributed by atoms with Crippen LogP contribution in [-0.2, 0) is 9.59 Å². The molecule has 0 fully saturated rings. The number of aliphatic hydroxyl groups is 1. The molecule has 0 atom stereocenters. The van der Waals surface area contributed by atoms with Crippen molar-refractivity contribution in [3.05, 3.63) is 11.6 Å². The van der Waals surface area contributed by atoms with E-state index in [9.17, 15) is 4.79 Å². The van der Waals surface area contributed by atoms with Gasteiger partial charge < -0.3 is 15.9 Å². The zero-order chi connectivity index (χ0) is 12.3. The number of aliphatic hydroxyl groups excluding tert-OH is 1. The molecular formula is C10H19NO4. The number of amides is 1. The van der Waals surface area contributed by atoms with E-state index in [0.29, 0.717) is 5.57 Å². The molecule has 0 aromatic carbocycles. The fraction of sp³-hybridized carbons (Fsp3) is 0.600.